The molecule has 6 nitrogen and oxygen atoms in total. The summed E-state index contributed by atoms with van der Waals surface area (Å²) < 4.78 is 19.0. The number of carbonyl (C=O) groups excluding carboxylic acids is 2. The van der Waals surface area contributed by atoms with Crippen LogP contribution < -0.4 is 5.32 Å². The number of ether oxygens (including phenoxy) is 1. The third-order valence-electron chi connectivity index (χ3n) is 5.78. The van der Waals surface area contributed by atoms with Gasteiger partial charge in [-0.05, 0) is 43.2 Å². The van der Waals surface area contributed by atoms with Crippen LogP contribution in [0.15, 0.2) is 24.5 Å². The van der Waals surface area contributed by atoms with Crippen molar-refractivity contribution >= 4 is 11.8 Å². The summed E-state index contributed by atoms with van der Waals surface area (Å²) in [4.78, 5) is 30.6. The molecule has 140 valence electrons. The van der Waals surface area contributed by atoms with Gasteiger partial charge in [-0.1, -0.05) is 6.07 Å². The predicted octanol–water partition coefficient (Wildman–Crippen LogP) is 1.45. The average Bonchev–Trinajstić information content (AvgIpc) is 3.07. The molecule has 7 heteroatoms. The van der Waals surface area contributed by atoms with Gasteiger partial charge in [-0.3, -0.25) is 14.6 Å². The standard InChI is InChI=1S/C19H24FN3O3/c20-15-6-14(7-15)19(25)23-5-3-13-8-16(26-17(13)11-23)18(24)22-10-12-2-1-4-21-9-12/h1-2,4,9,13-17H,3,5-8,10-11H2,(H,22,24)/t13-,14?,15?,16+,17-/m0/s1. The lowest BCUT2D eigenvalue weighted by molar-refractivity contribution is -0.145. The molecule has 1 saturated carbocycles. The molecule has 0 radical (unpaired) electrons. The Hall–Kier alpha value is -2.02. The molecular formula is C19H24FN3O3. The number of aromatic nitrogens is 1. The Balaban J connectivity index is 1.27. The molecule has 2 amide bonds. The predicted molar refractivity (Wildman–Crippen MR) is 91.7 cm³/mol. The van der Waals surface area contributed by atoms with Gasteiger partial charge < -0.3 is 15.0 Å². The zero-order chi connectivity index (χ0) is 18.1. The summed E-state index contributed by atoms with van der Waals surface area (Å²) in [6.07, 6.45) is 4.28. The van der Waals surface area contributed by atoms with Crippen LogP contribution in [0.5, 0.6) is 0 Å². The minimum atomic E-state index is -0.822. The van der Waals surface area contributed by atoms with E-state index < -0.39 is 12.3 Å². The van der Waals surface area contributed by atoms with Gasteiger partial charge in [0.2, 0.25) is 11.8 Å². The van der Waals surface area contributed by atoms with E-state index in [1.165, 1.54) is 0 Å². The number of likely N-dealkylation sites (tertiary alicyclic amines) is 1. The van der Waals surface area contributed by atoms with E-state index in [2.05, 4.69) is 10.3 Å². The molecule has 0 bridgehead atoms. The fourth-order valence-electron chi connectivity index (χ4n) is 4.11. The van der Waals surface area contributed by atoms with E-state index in [0.29, 0.717) is 44.8 Å². The number of nitrogens with zero attached hydrogens (tertiary/aromatic N) is 2. The van der Waals surface area contributed by atoms with Crippen LogP contribution in [0.25, 0.3) is 0 Å². The lowest BCUT2D eigenvalue weighted by Gasteiger charge is -2.39. The van der Waals surface area contributed by atoms with Gasteiger partial charge >= 0.3 is 0 Å². The van der Waals surface area contributed by atoms with Crippen LogP contribution in [0.1, 0.15) is 31.2 Å². The number of halogens is 1. The number of fused-ring (bicyclic) bond motifs is 1. The van der Waals surface area contributed by atoms with Crippen LogP contribution in [-0.2, 0) is 20.9 Å². The van der Waals surface area contributed by atoms with Gasteiger partial charge in [0.05, 0.1) is 6.10 Å². The number of alkyl halides is 1. The lowest BCUT2D eigenvalue weighted by atomic mass is 9.81. The Bertz CT molecular complexity index is 665. The number of hydrogen-bond donors (Lipinski definition) is 1. The van der Waals surface area contributed by atoms with Gasteiger partial charge in [0.1, 0.15) is 12.3 Å². The SMILES string of the molecule is O=C(NCc1cccnc1)[C@H]1C[C@@H]2CCN(C(=O)C3CC(F)C3)C[C@@H]2O1. The maximum atomic E-state index is 13.0. The molecule has 1 aromatic heterocycles. The minimum Gasteiger partial charge on any atom is -0.363 e. The zero-order valence-electron chi connectivity index (χ0n) is 14.6. The Morgan fingerprint density at radius 1 is 1.35 bits per heavy atom. The van der Waals surface area contributed by atoms with E-state index in [1.54, 1.807) is 17.3 Å². The van der Waals surface area contributed by atoms with Crippen LogP contribution in [0.4, 0.5) is 4.39 Å². The van der Waals surface area contributed by atoms with Gasteiger partial charge in [-0.2, -0.15) is 0 Å². The monoisotopic (exact) mass is 361 g/mol. The number of amides is 2. The van der Waals surface area contributed by atoms with Crippen molar-refractivity contribution in [1.82, 2.24) is 15.2 Å². The fourth-order valence-corrected chi connectivity index (χ4v) is 4.11. The minimum absolute atomic E-state index is 0.0467. The van der Waals surface area contributed by atoms with E-state index in [1.807, 2.05) is 12.1 Å². The second kappa shape index (κ2) is 7.31. The number of pyridine rings is 1. The summed E-state index contributed by atoms with van der Waals surface area (Å²) in [5.74, 6) is 0.0795. The first-order valence-corrected chi connectivity index (χ1v) is 9.35. The maximum Gasteiger partial charge on any atom is 0.249 e. The molecule has 2 saturated heterocycles. The lowest BCUT2D eigenvalue weighted by Crippen LogP contribution is -2.50. The summed E-state index contributed by atoms with van der Waals surface area (Å²) in [6, 6.07) is 3.75. The highest BCUT2D eigenvalue weighted by Crippen LogP contribution is 2.36. The summed E-state index contributed by atoms with van der Waals surface area (Å²) >= 11 is 0. The van der Waals surface area contributed by atoms with Gasteiger partial charge in [0, 0.05) is 37.9 Å². The third kappa shape index (κ3) is 3.58. The number of nitrogens with one attached hydrogen (secondary N) is 1. The number of hydrogen-bond acceptors (Lipinski definition) is 4. The molecule has 1 aliphatic carbocycles. The van der Waals surface area contributed by atoms with Gasteiger partial charge in [0.15, 0.2) is 0 Å². The zero-order valence-corrected chi connectivity index (χ0v) is 14.6. The smallest absolute Gasteiger partial charge is 0.249 e. The van der Waals surface area contributed by atoms with Crippen molar-refractivity contribution in [2.45, 2.75) is 50.6 Å². The molecule has 1 aromatic rings. The van der Waals surface area contributed by atoms with Crippen molar-refractivity contribution in [3.05, 3.63) is 30.1 Å². The van der Waals surface area contributed by atoms with Crippen LogP contribution in [-0.4, -0.2) is 53.2 Å². The largest absolute Gasteiger partial charge is 0.363 e. The first-order valence-electron chi connectivity index (χ1n) is 9.35. The van der Waals surface area contributed by atoms with E-state index in [9.17, 15) is 14.0 Å². The summed E-state index contributed by atoms with van der Waals surface area (Å²) in [7, 11) is 0. The Labute approximate surface area is 152 Å². The van der Waals surface area contributed by atoms with E-state index >= 15 is 0 Å². The van der Waals surface area contributed by atoms with Crippen LogP contribution in [0.2, 0.25) is 0 Å². The molecular weight excluding hydrogens is 337 g/mol. The van der Waals surface area contributed by atoms with Gasteiger partial charge in [0.25, 0.3) is 0 Å². The van der Waals surface area contributed by atoms with Crippen molar-refractivity contribution in [3.8, 4) is 0 Å². The van der Waals surface area contributed by atoms with E-state index in [0.717, 1.165) is 12.0 Å². The van der Waals surface area contributed by atoms with Crippen LogP contribution in [0, 0.1) is 11.8 Å². The molecule has 3 aliphatic rings. The first-order chi connectivity index (χ1) is 12.6. The number of piperidine rings is 1. The van der Waals surface area contributed by atoms with Crippen LogP contribution >= 0.6 is 0 Å². The van der Waals surface area contributed by atoms with E-state index in [4.69, 9.17) is 4.74 Å². The highest BCUT2D eigenvalue weighted by molar-refractivity contribution is 5.81. The average molecular weight is 361 g/mol. The van der Waals surface area contributed by atoms with Crippen molar-refractivity contribution in [1.29, 1.82) is 0 Å². The third-order valence-corrected chi connectivity index (χ3v) is 5.78. The summed E-state index contributed by atoms with van der Waals surface area (Å²) in [5.41, 5.74) is 0.944. The molecule has 1 N–H and O–H groups in total. The molecule has 3 atom stereocenters. The number of carbonyl (C=O) groups is 2. The van der Waals surface area contributed by atoms with Crippen molar-refractivity contribution in [3.63, 3.8) is 0 Å². The Morgan fingerprint density at radius 3 is 2.92 bits per heavy atom. The van der Waals surface area contributed by atoms with Crippen molar-refractivity contribution < 1.29 is 18.7 Å². The molecule has 0 aromatic carbocycles. The molecule has 26 heavy (non-hydrogen) atoms. The molecule has 3 fully saturated rings. The Kier molecular flexibility index (Phi) is 4.89. The maximum absolute atomic E-state index is 13.0. The molecule has 2 aliphatic heterocycles. The van der Waals surface area contributed by atoms with Gasteiger partial charge in [-0.15, -0.1) is 0 Å². The molecule has 3 heterocycles. The summed E-state index contributed by atoms with van der Waals surface area (Å²) in [6.45, 7) is 1.63. The molecule has 0 unspecified atom stereocenters. The molecule has 0 spiro atoms. The topological polar surface area (TPSA) is 71.5 Å². The quantitative estimate of drug-likeness (QED) is 0.881. The Morgan fingerprint density at radius 2 is 2.19 bits per heavy atom. The van der Waals surface area contributed by atoms with Crippen molar-refractivity contribution in [2.75, 3.05) is 13.1 Å². The second-order valence-corrected chi connectivity index (χ2v) is 7.58. The molecule has 4 rings (SSSR count). The first kappa shape index (κ1) is 17.4. The second-order valence-electron chi connectivity index (χ2n) is 7.58. The van der Waals surface area contributed by atoms with E-state index in [-0.39, 0.29) is 23.8 Å². The van der Waals surface area contributed by atoms with Gasteiger partial charge in [-0.25, -0.2) is 4.39 Å². The van der Waals surface area contributed by atoms with Crippen molar-refractivity contribution in [2.24, 2.45) is 11.8 Å². The van der Waals surface area contributed by atoms with Crippen LogP contribution in [0.3, 0.4) is 0 Å². The highest BCUT2D eigenvalue weighted by Gasteiger charge is 2.45. The normalized spacial score (nSPS) is 33.3. The fraction of sp³-hybridized carbons (Fsp3) is 0.632. The number of rotatable bonds is 4. The highest BCUT2D eigenvalue weighted by atomic mass is 19.1. The summed E-state index contributed by atoms with van der Waals surface area (Å²) in [5, 5.41) is 2.90.